The molecule has 30 heavy (non-hydrogen) atoms. The van der Waals surface area contributed by atoms with Gasteiger partial charge in [-0.15, -0.1) is 0 Å². The van der Waals surface area contributed by atoms with Crippen molar-refractivity contribution in [2.45, 2.75) is 45.6 Å². The van der Waals surface area contributed by atoms with E-state index in [9.17, 15) is 4.79 Å². The fourth-order valence-corrected chi connectivity index (χ4v) is 6.74. The number of carbonyl (C=O) groups is 1. The second-order valence-electron chi connectivity index (χ2n) is 10.3. The van der Waals surface area contributed by atoms with Gasteiger partial charge in [-0.05, 0) is 48.8 Å². The summed E-state index contributed by atoms with van der Waals surface area (Å²) in [5.74, 6) is 0.990. The fourth-order valence-electron chi connectivity index (χ4n) is 6.55. The van der Waals surface area contributed by atoms with Gasteiger partial charge in [0.25, 0.3) is 0 Å². The molecular weight excluding hydrogens is 396 g/mol. The molecule has 0 aromatic heterocycles. The topological polar surface area (TPSA) is 34.0 Å². The predicted molar refractivity (Wildman–Crippen MR) is 120 cm³/mol. The van der Waals surface area contributed by atoms with Crippen LogP contribution in [0.2, 0.25) is 5.02 Å². The normalized spacial score (nSPS) is 36.7. The van der Waals surface area contributed by atoms with Crippen molar-refractivity contribution in [1.82, 2.24) is 0 Å². The molecular formula is C25H34ClN2O2+. The van der Waals surface area contributed by atoms with Crippen LogP contribution in [0.1, 0.15) is 39.5 Å². The first-order valence-corrected chi connectivity index (χ1v) is 12.1. The van der Waals surface area contributed by atoms with Crippen LogP contribution in [0.25, 0.3) is 0 Å². The molecule has 4 aliphatic rings. The fraction of sp³-hybridized carbons (Fsp3) is 0.640. The lowest BCUT2D eigenvalue weighted by Crippen LogP contribution is -3.15. The van der Waals surface area contributed by atoms with E-state index in [2.05, 4.69) is 30.9 Å². The second kappa shape index (κ2) is 7.87. The van der Waals surface area contributed by atoms with Crippen molar-refractivity contribution >= 4 is 23.3 Å². The number of rotatable bonds is 3. The molecule has 2 saturated heterocycles. The van der Waals surface area contributed by atoms with Crippen molar-refractivity contribution in [2.24, 2.45) is 23.2 Å². The van der Waals surface area contributed by atoms with Gasteiger partial charge in [-0.2, -0.15) is 0 Å². The molecule has 3 fully saturated rings. The third-order valence-corrected chi connectivity index (χ3v) is 8.47. The number of piperazine rings is 1. The average Bonchev–Trinajstić information content (AvgIpc) is 3.01. The standard InChI is InChI=1S/C25H33ClN2O2/c1-17-5-4-8-25(2)15-23-20(14-22(17)25)21(24(29)30-23)16-27-9-11-28(12-10-27)19-7-3-6-18(26)13-19/h3,6-7,13-14,17,20-21,23H,4-5,8-12,15-16H2,1-2H3/p+1/t17-,20+,21-,23+,25+/m0/s1. The van der Waals surface area contributed by atoms with E-state index in [1.807, 2.05) is 18.2 Å². The Balaban J connectivity index is 1.26. The average molecular weight is 430 g/mol. The number of nitrogens with one attached hydrogen (secondary N) is 1. The SMILES string of the molecule is C[C@H]1CCC[C@]2(C)C[C@H]3OC(=O)[C@@H](C[NH+]4CCN(c5cccc(Cl)c5)CC4)[C@H]3C=C12. The van der Waals surface area contributed by atoms with Crippen LogP contribution in [0.3, 0.4) is 0 Å². The Hall–Kier alpha value is -1.52. The Morgan fingerprint density at radius 2 is 2.10 bits per heavy atom. The molecule has 0 radical (unpaired) electrons. The number of ether oxygens (including phenoxy) is 1. The van der Waals surface area contributed by atoms with Gasteiger partial charge in [-0.1, -0.05) is 49.6 Å². The smallest absolute Gasteiger partial charge is 0.315 e. The molecule has 2 heterocycles. The third kappa shape index (κ3) is 3.67. The van der Waals surface area contributed by atoms with Crippen LogP contribution in [-0.4, -0.2) is 44.8 Å². The lowest BCUT2D eigenvalue weighted by molar-refractivity contribution is -0.903. The molecule has 5 rings (SSSR count). The Morgan fingerprint density at radius 1 is 1.30 bits per heavy atom. The predicted octanol–water partition coefficient (Wildman–Crippen LogP) is 3.36. The molecule has 1 aromatic carbocycles. The molecule has 5 heteroatoms. The van der Waals surface area contributed by atoms with Crippen molar-refractivity contribution < 1.29 is 14.4 Å². The minimum atomic E-state index is 0.0221. The minimum Gasteiger partial charge on any atom is -0.461 e. The highest BCUT2D eigenvalue weighted by atomic mass is 35.5. The first-order chi connectivity index (χ1) is 14.4. The molecule has 1 N–H and O–H groups in total. The van der Waals surface area contributed by atoms with E-state index in [0.717, 1.165) is 44.2 Å². The van der Waals surface area contributed by atoms with E-state index >= 15 is 0 Å². The van der Waals surface area contributed by atoms with Crippen molar-refractivity contribution in [3.63, 3.8) is 0 Å². The number of benzene rings is 1. The number of esters is 1. The molecule has 4 nitrogen and oxygen atoms in total. The maximum atomic E-state index is 12.8. The lowest BCUT2D eigenvalue weighted by atomic mass is 9.59. The number of carbonyl (C=O) groups excluding carboxylic acids is 1. The van der Waals surface area contributed by atoms with Gasteiger partial charge in [-0.3, -0.25) is 4.79 Å². The Bertz CT molecular complexity index is 847. The summed E-state index contributed by atoms with van der Waals surface area (Å²) in [5, 5.41) is 0.788. The van der Waals surface area contributed by atoms with Crippen LogP contribution >= 0.6 is 11.6 Å². The number of anilines is 1. The van der Waals surface area contributed by atoms with E-state index in [1.165, 1.54) is 29.8 Å². The first-order valence-electron chi connectivity index (χ1n) is 11.7. The van der Waals surface area contributed by atoms with Crippen molar-refractivity contribution in [3.8, 4) is 0 Å². The molecule has 0 bridgehead atoms. The summed E-state index contributed by atoms with van der Waals surface area (Å²) in [6.07, 6.45) is 7.42. The van der Waals surface area contributed by atoms with Crippen LogP contribution in [-0.2, 0) is 9.53 Å². The second-order valence-corrected chi connectivity index (χ2v) is 10.7. The van der Waals surface area contributed by atoms with E-state index in [-0.39, 0.29) is 29.3 Å². The Labute approximate surface area is 185 Å². The molecule has 2 aliphatic heterocycles. The zero-order valence-electron chi connectivity index (χ0n) is 18.2. The number of allylic oxidation sites excluding steroid dienone is 1. The highest BCUT2D eigenvalue weighted by Crippen LogP contribution is 2.53. The Kier molecular flexibility index (Phi) is 5.35. The van der Waals surface area contributed by atoms with Crippen LogP contribution < -0.4 is 9.80 Å². The third-order valence-electron chi connectivity index (χ3n) is 8.23. The molecule has 162 valence electrons. The summed E-state index contributed by atoms with van der Waals surface area (Å²) in [6.45, 7) is 9.78. The zero-order valence-corrected chi connectivity index (χ0v) is 19.0. The van der Waals surface area contributed by atoms with Gasteiger partial charge in [-0.25, -0.2) is 0 Å². The van der Waals surface area contributed by atoms with E-state index < -0.39 is 0 Å². The van der Waals surface area contributed by atoms with E-state index in [1.54, 1.807) is 5.57 Å². The highest BCUT2D eigenvalue weighted by molar-refractivity contribution is 6.30. The monoisotopic (exact) mass is 429 g/mol. The maximum Gasteiger partial charge on any atom is 0.315 e. The molecule has 1 saturated carbocycles. The summed E-state index contributed by atoms with van der Waals surface area (Å²) in [6, 6.07) is 8.11. The van der Waals surface area contributed by atoms with Crippen molar-refractivity contribution in [3.05, 3.63) is 40.9 Å². The first kappa shape index (κ1) is 20.4. The number of hydrogen-bond donors (Lipinski definition) is 1. The van der Waals surface area contributed by atoms with E-state index in [4.69, 9.17) is 16.3 Å². The summed E-state index contributed by atoms with van der Waals surface area (Å²) in [4.78, 5) is 16.8. The molecule has 0 unspecified atom stereocenters. The van der Waals surface area contributed by atoms with Crippen LogP contribution in [0.15, 0.2) is 35.9 Å². The zero-order chi connectivity index (χ0) is 20.9. The van der Waals surface area contributed by atoms with Crippen LogP contribution in [0.4, 0.5) is 5.69 Å². The van der Waals surface area contributed by atoms with E-state index in [0.29, 0.717) is 5.92 Å². The van der Waals surface area contributed by atoms with Crippen molar-refractivity contribution in [1.29, 1.82) is 0 Å². The van der Waals surface area contributed by atoms with Crippen LogP contribution in [0.5, 0.6) is 0 Å². The number of fused-ring (bicyclic) bond motifs is 2. The minimum absolute atomic E-state index is 0.0221. The van der Waals surface area contributed by atoms with Gasteiger partial charge in [0, 0.05) is 16.6 Å². The number of quaternary nitrogens is 1. The summed E-state index contributed by atoms with van der Waals surface area (Å²) >= 11 is 6.17. The van der Waals surface area contributed by atoms with Gasteiger partial charge in [0.05, 0.1) is 32.7 Å². The van der Waals surface area contributed by atoms with Gasteiger partial charge in [0.15, 0.2) is 0 Å². The Morgan fingerprint density at radius 3 is 2.87 bits per heavy atom. The molecule has 0 spiro atoms. The summed E-state index contributed by atoms with van der Waals surface area (Å²) in [5.41, 5.74) is 3.05. The molecule has 1 aromatic rings. The van der Waals surface area contributed by atoms with Crippen LogP contribution in [0, 0.1) is 23.2 Å². The lowest BCUT2D eigenvalue weighted by Gasteiger charge is -2.46. The number of halogens is 1. The maximum absolute atomic E-state index is 12.8. The van der Waals surface area contributed by atoms with Gasteiger partial charge < -0.3 is 14.5 Å². The van der Waals surface area contributed by atoms with Gasteiger partial charge >= 0.3 is 5.97 Å². The number of nitrogens with zero attached hydrogens (tertiary/aromatic N) is 1. The summed E-state index contributed by atoms with van der Waals surface area (Å²) in [7, 11) is 0. The molecule has 2 aliphatic carbocycles. The highest BCUT2D eigenvalue weighted by Gasteiger charge is 2.52. The largest absolute Gasteiger partial charge is 0.461 e. The number of hydrogen-bond acceptors (Lipinski definition) is 3. The molecule has 0 amide bonds. The van der Waals surface area contributed by atoms with Gasteiger partial charge in [0.2, 0.25) is 0 Å². The van der Waals surface area contributed by atoms with Gasteiger partial charge in [0.1, 0.15) is 12.0 Å². The summed E-state index contributed by atoms with van der Waals surface area (Å²) < 4.78 is 5.95. The van der Waals surface area contributed by atoms with Crippen molar-refractivity contribution in [2.75, 3.05) is 37.6 Å². The molecule has 5 atom stereocenters. The quantitative estimate of drug-likeness (QED) is 0.591.